The van der Waals surface area contributed by atoms with Crippen LogP contribution in [0, 0.1) is 0 Å². The van der Waals surface area contributed by atoms with Crippen molar-refractivity contribution in [2.45, 2.75) is 237 Å². The maximum Gasteiger partial charge on any atom is 0.335 e. The number of unbranched alkanes of at least 4 members (excludes halogenated alkanes) is 11. The first-order valence-corrected chi connectivity index (χ1v) is 29.2. The van der Waals surface area contributed by atoms with Gasteiger partial charge in [0.25, 0.3) is 0 Å². The first-order chi connectivity index (χ1) is 37.6. The summed E-state index contributed by atoms with van der Waals surface area (Å²) < 4.78 is 28.2. The van der Waals surface area contributed by atoms with E-state index in [1.54, 1.807) is 0 Å². The van der Waals surface area contributed by atoms with Crippen LogP contribution in [0.4, 0.5) is 0 Å². The molecule has 0 amide bonds. The van der Waals surface area contributed by atoms with Crippen molar-refractivity contribution in [2.24, 2.45) is 0 Å². The molecule has 0 spiro atoms. The lowest BCUT2D eigenvalue weighted by Gasteiger charge is -2.40. The molecule has 12 heteroatoms. The van der Waals surface area contributed by atoms with Crippen molar-refractivity contribution in [1.29, 1.82) is 0 Å². The van der Waals surface area contributed by atoms with Gasteiger partial charge in [0.1, 0.15) is 18.8 Å². The zero-order chi connectivity index (χ0) is 56.1. The summed E-state index contributed by atoms with van der Waals surface area (Å²) in [5, 5.41) is 31.4. The molecule has 3 N–H and O–H groups in total. The van der Waals surface area contributed by atoms with Gasteiger partial charge in [-0.15, -0.1) is 0 Å². The number of carboxylic acid groups (broad SMARTS) is 1. The smallest absolute Gasteiger partial charge is 0.335 e. The summed E-state index contributed by atoms with van der Waals surface area (Å²) in [5.41, 5.74) is 0. The zero-order valence-electron chi connectivity index (χ0n) is 47.4. The van der Waals surface area contributed by atoms with Gasteiger partial charge in [0, 0.05) is 19.3 Å². The maximum atomic E-state index is 13.1. The number of allylic oxidation sites excluding steroid dienone is 22. The second kappa shape index (κ2) is 51.6. The molecule has 1 saturated heterocycles. The predicted octanol–water partition coefficient (Wildman–Crippen LogP) is 15.0. The number of hydrogen-bond acceptors (Lipinski definition) is 11. The van der Waals surface area contributed by atoms with Gasteiger partial charge in [0.2, 0.25) is 0 Å². The topological polar surface area (TPSA) is 175 Å². The Balaban J connectivity index is 2.76. The first kappa shape index (κ1) is 69.9. The Morgan fingerprint density at radius 3 is 1.29 bits per heavy atom. The van der Waals surface area contributed by atoms with Crippen LogP contribution in [0.25, 0.3) is 0 Å². The van der Waals surface area contributed by atoms with E-state index >= 15 is 0 Å². The Morgan fingerprint density at radius 2 is 0.844 bits per heavy atom. The largest absolute Gasteiger partial charge is 0.479 e. The Hall–Kier alpha value is -5.14. The number of rotatable bonds is 47. The van der Waals surface area contributed by atoms with Gasteiger partial charge in [-0.1, -0.05) is 219 Å². The highest BCUT2D eigenvalue weighted by Crippen LogP contribution is 2.26. The summed E-state index contributed by atoms with van der Waals surface area (Å²) in [6.45, 7) is 5.64. The summed E-state index contributed by atoms with van der Waals surface area (Å²) in [7, 11) is 0. The third-order valence-electron chi connectivity index (χ3n) is 12.2. The molecule has 0 bridgehead atoms. The SMILES string of the molecule is CC/C=C\C/C=C\C/C=C\C/C=C\C/C=C\C/C=C\CCC(=O)OCC(COC1OC(C(=O)O)C(O)C(O)C1OC(=O)CCC/C=C\C/C=C\C/C=C\C/C=C\C/C=C\CC)OC(=O)CCCCCCCCCCCCC. The van der Waals surface area contributed by atoms with Crippen LogP contribution in [0.3, 0.4) is 0 Å². The molecule has 1 aliphatic rings. The second-order valence-corrected chi connectivity index (χ2v) is 19.2. The first-order valence-electron chi connectivity index (χ1n) is 29.2. The number of aliphatic carboxylic acids is 1. The van der Waals surface area contributed by atoms with Crippen LogP contribution in [0.5, 0.6) is 0 Å². The van der Waals surface area contributed by atoms with Crippen molar-refractivity contribution in [3.8, 4) is 0 Å². The predicted molar refractivity (Wildman–Crippen MR) is 312 cm³/mol. The summed E-state index contributed by atoms with van der Waals surface area (Å²) in [4.78, 5) is 51.0. The standard InChI is InChI=1S/C65H100O12/c1-4-7-10-13-16-19-22-24-26-28-29-31-32-34-37-39-42-45-48-51-57(66)73-54-56(75-58(67)52-49-46-43-40-36-21-18-15-12-9-6-3)55-74-65-63(61(70)60(69)62(77-65)64(71)72)76-59(68)53-50-47-44-41-38-35-33-30-27-25-23-20-17-14-11-8-5-2/h7-8,10-11,16-17,19-20,24-27,29,31,33-35,37,41-42,44-45,56,60-63,65,69-70H,4-6,9,12-15,18,21-23,28,30,32,36,38-40,43,46-55H2,1-3H3,(H,71,72)/b10-7-,11-8-,19-16-,20-17-,26-24-,27-25-,31-29-,35-33-,37-34-,44-41-,45-42-. The van der Waals surface area contributed by atoms with Gasteiger partial charge in [0.15, 0.2) is 24.6 Å². The van der Waals surface area contributed by atoms with Crippen molar-refractivity contribution in [3.63, 3.8) is 0 Å². The average Bonchev–Trinajstić information content (AvgIpc) is 3.41. The number of aliphatic hydroxyl groups excluding tert-OH is 2. The molecule has 1 rings (SSSR count). The van der Waals surface area contributed by atoms with Gasteiger partial charge in [0.05, 0.1) is 6.61 Å². The third kappa shape index (κ3) is 41.6. The van der Waals surface area contributed by atoms with E-state index in [0.717, 1.165) is 89.9 Å². The highest BCUT2D eigenvalue weighted by Gasteiger charge is 2.50. The second-order valence-electron chi connectivity index (χ2n) is 19.2. The molecule has 0 saturated carbocycles. The minimum absolute atomic E-state index is 0.0312. The van der Waals surface area contributed by atoms with Gasteiger partial charge < -0.3 is 39.0 Å². The van der Waals surface area contributed by atoms with Crippen LogP contribution in [-0.4, -0.2) is 89.2 Å². The lowest BCUT2D eigenvalue weighted by Crippen LogP contribution is -2.61. The van der Waals surface area contributed by atoms with Crippen LogP contribution in [0.15, 0.2) is 134 Å². The lowest BCUT2D eigenvalue weighted by molar-refractivity contribution is -0.301. The van der Waals surface area contributed by atoms with E-state index in [2.05, 4.69) is 130 Å². The molecule has 0 aromatic rings. The Bertz CT molecular complexity index is 1850. The number of esters is 3. The van der Waals surface area contributed by atoms with Crippen molar-refractivity contribution < 1.29 is 58.2 Å². The third-order valence-corrected chi connectivity index (χ3v) is 12.2. The minimum atomic E-state index is -1.94. The summed E-state index contributed by atoms with van der Waals surface area (Å²) in [5.74, 6) is -3.33. The van der Waals surface area contributed by atoms with Gasteiger partial charge in [-0.25, -0.2) is 4.79 Å². The quantitative estimate of drug-likeness (QED) is 0.0228. The molecule has 6 atom stereocenters. The number of ether oxygens (including phenoxy) is 5. The molecule has 0 aromatic carbocycles. The molecular formula is C65H100O12. The van der Waals surface area contributed by atoms with Crippen molar-refractivity contribution in [2.75, 3.05) is 13.2 Å². The van der Waals surface area contributed by atoms with Gasteiger partial charge in [-0.05, 0) is 96.3 Å². The zero-order valence-corrected chi connectivity index (χ0v) is 47.4. The monoisotopic (exact) mass is 1070 g/mol. The number of carbonyl (C=O) groups is 4. The van der Waals surface area contributed by atoms with Gasteiger partial charge >= 0.3 is 23.9 Å². The van der Waals surface area contributed by atoms with Crippen molar-refractivity contribution in [1.82, 2.24) is 0 Å². The van der Waals surface area contributed by atoms with Crippen LogP contribution < -0.4 is 0 Å². The minimum Gasteiger partial charge on any atom is -0.479 e. The van der Waals surface area contributed by atoms with Crippen LogP contribution >= 0.6 is 0 Å². The molecule has 1 fully saturated rings. The number of carbonyl (C=O) groups excluding carboxylic acids is 3. The lowest BCUT2D eigenvalue weighted by atomic mass is 9.98. The van der Waals surface area contributed by atoms with E-state index in [1.807, 2.05) is 24.3 Å². The van der Waals surface area contributed by atoms with E-state index in [1.165, 1.54) is 44.9 Å². The molecule has 0 radical (unpaired) electrons. The molecule has 1 aliphatic heterocycles. The number of hydrogen-bond donors (Lipinski definition) is 3. The Labute approximate surface area is 464 Å². The van der Waals surface area contributed by atoms with Crippen LogP contribution in [0.1, 0.15) is 201 Å². The van der Waals surface area contributed by atoms with Crippen molar-refractivity contribution >= 4 is 23.9 Å². The summed E-state index contributed by atoms with van der Waals surface area (Å²) >= 11 is 0. The number of aliphatic hydroxyl groups is 2. The van der Waals surface area contributed by atoms with Crippen LogP contribution in [-0.2, 0) is 42.9 Å². The molecule has 1 heterocycles. The molecule has 432 valence electrons. The molecule has 6 unspecified atom stereocenters. The van der Waals surface area contributed by atoms with Crippen molar-refractivity contribution in [3.05, 3.63) is 134 Å². The maximum absolute atomic E-state index is 13.1. The van der Waals surface area contributed by atoms with E-state index in [9.17, 15) is 34.5 Å². The van der Waals surface area contributed by atoms with Crippen LogP contribution in [0.2, 0.25) is 0 Å². The molecular weight excluding hydrogens is 973 g/mol. The summed E-state index contributed by atoms with van der Waals surface area (Å²) in [6.07, 6.45) is 60.2. The van der Waals surface area contributed by atoms with E-state index in [0.29, 0.717) is 25.7 Å². The molecule has 0 aromatic heterocycles. The summed E-state index contributed by atoms with van der Waals surface area (Å²) in [6, 6.07) is 0. The molecule has 0 aliphatic carbocycles. The Kier molecular flexibility index (Phi) is 46.8. The average molecular weight is 1070 g/mol. The Morgan fingerprint density at radius 1 is 0.442 bits per heavy atom. The highest BCUT2D eigenvalue weighted by atomic mass is 16.7. The van der Waals surface area contributed by atoms with E-state index in [-0.39, 0.29) is 25.9 Å². The molecule has 77 heavy (non-hydrogen) atoms. The van der Waals surface area contributed by atoms with Gasteiger partial charge in [-0.2, -0.15) is 0 Å². The fourth-order valence-electron chi connectivity index (χ4n) is 7.84. The fourth-order valence-corrected chi connectivity index (χ4v) is 7.84. The fraction of sp³-hybridized carbons (Fsp3) is 0.600. The van der Waals surface area contributed by atoms with Gasteiger partial charge in [-0.3, -0.25) is 14.4 Å². The van der Waals surface area contributed by atoms with E-state index < -0.39 is 67.3 Å². The van der Waals surface area contributed by atoms with E-state index in [4.69, 9.17) is 23.7 Å². The highest BCUT2D eigenvalue weighted by molar-refractivity contribution is 5.74. The molecule has 12 nitrogen and oxygen atoms in total. The normalized spacial score (nSPS) is 19.0. The number of carboxylic acids is 1.